The maximum Gasteiger partial charge on any atom is 0.214 e. The minimum atomic E-state index is 0.507. The predicted octanol–water partition coefficient (Wildman–Crippen LogP) is 2.21. The average molecular weight is 316 g/mol. The number of hydrogen-bond donors (Lipinski definition) is 2. The molecular weight excluding hydrogens is 292 g/mol. The maximum atomic E-state index is 5.54. The van der Waals surface area contributed by atoms with E-state index in [1.807, 2.05) is 32.0 Å². The molecule has 2 aromatic rings. The molecule has 1 aromatic heterocycles. The highest BCUT2D eigenvalue weighted by Gasteiger charge is 2.06. The first-order chi connectivity index (χ1) is 11.1. The number of rotatable bonds is 6. The number of aromatic nitrogens is 1. The van der Waals surface area contributed by atoms with Gasteiger partial charge in [0.15, 0.2) is 5.96 Å². The van der Waals surface area contributed by atoms with E-state index in [1.165, 1.54) is 5.56 Å². The van der Waals surface area contributed by atoms with Crippen molar-refractivity contribution in [2.24, 2.45) is 4.99 Å². The van der Waals surface area contributed by atoms with Crippen LogP contribution in [0.5, 0.6) is 5.75 Å². The van der Waals surface area contributed by atoms with Crippen LogP contribution >= 0.6 is 0 Å². The van der Waals surface area contributed by atoms with Gasteiger partial charge in [-0.3, -0.25) is 4.99 Å². The van der Waals surface area contributed by atoms with Crippen LogP contribution in [0.3, 0.4) is 0 Å². The topological polar surface area (TPSA) is 71.7 Å². The zero-order valence-corrected chi connectivity index (χ0v) is 14.1. The minimum absolute atomic E-state index is 0.507. The zero-order chi connectivity index (χ0) is 16.7. The molecule has 6 nitrogen and oxygen atoms in total. The van der Waals surface area contributed by atoms with Crippen molar-refractivity contribution in [2.45, 2.75) is 26.8 Å². The first-order valence-corrected chi connectivity index (χ1v) is 7.62. The quantitative estimate of drug-likeness (QED) is 0.631. The second-order valence-corrected chi connectivity index (χ2v) is 5.20. The van der Waals surface area contributed by atoms with E-state index in [1.54, 1.807) is 14.2 Å². The molecule has 0 fully saturated rings. The van der Waals surface area contributed by atoms with E-state index >= 15 is 0 Å². The van der Waals surface area contributed by atoms with Crippen LogP contribution in [0.1, 0.15) is 22.9 Å². The van der Waals surface area contributed by atoms with Crippen LogP contribution < -0.4 is 15.4 Å². The van der Waals surface area contributed by atoms with Gasteiger partial charge in [-0.25, -0.2) is 4.98 Å². The van der Waals surface area contributed by atoms with Gasteiger partial charge in [0.1, 0.15) is 11.5 Å². The summed E-state index contributed by atoms with van der Waals surface area (Å²) >= 11 is 0. The maximum absolute atomic E-state index is 5.54. The van der Waals surface area contributed by atoms with Crippen LogP contribution in [-0.4, -0.2) is 31.6 Å². The summed E-state index contributed by atoms with van der Waals surface area (Å²) in [5, 5.41) is 6.47. The van der Waals surface area contributed by atoms with Crippen LogP contribution in [0, 0.1) is 13.8 Å². The van der Waals surface area contributed by atoms with Crippen molar-refractivity contribution in [1.82, 2.24) is 15.6 Å². The molecular formula is C17H24N4O2. The van der Waals surface area contributed by atoms with Gasteiger partial charge in [0.2, 0.25) is 5.89 Å². The number of nitrogens with one attached hydrogen (secondary N) is 2. The summed E-state index contributed by atoms with van der Waals surface area (Å²) in [6, 6.07) is 8.06. The number of aryl methyl sites for hydroxylation is 2. The van der Waals surface area contributed by atoms with Gasteiger partial charge in [-0.05, 0) is 38.0 Å². The molecule has 0 saturated carbocycles. The lowest BCUT2D eigenvalue weighted by Crippen LogP contribution is -2.37. The normalized spacial score (nSPS) is 11.4. The fourth-order valence-corrected chi connectivity index (χ4v) is 2.15. The Kier molecular flexibility index (Phi) is 6.02. The van der Waals surface area contributed by atoms with Crippen LogP contribution in [0.4, 0.5) is 0 Å². The van der Waals surface area contributed by atoms with Gasteiger partial charge in [-0.15, -0.1) is 0 Å². The third-order valence-corrected chi connectivity index (χ3v) is 3.54. The summed E-state index contributed by atoms with van der Waals surface area (Å²) in [7, 11) is 3.42. The lowest BCUT2D eigenvalue weighted by atomic mass is 10.1. The molecule has 2 rings (SSSR count). The van der Waals surface area contributed by atoms with Crippen molar-refractivity contribution in [3.8, 4) is 5.75 Å². The van der Waals surface area contributed by atoms with Gasteiger partial charge in [-0.2, -0.15) is 0 Å². The Balaban J connectivity index is 1.78. The highest BCUT2D eigenvalue weighted by atomic mass is 16.5. The van der Waals surface area contributed by atoms with Gasteiger partial charge in [0.25, 0.3) is 0 Å². The molecule has 0 saturated heterocycles. The molecule has 2 N–H and O–H groups in total. The Hall–Kier alpha value is -2.50. The molecule has 0 aliphatic heterocycles. The number of guanidine groups is 1. The highest BCUT2D eigenvalue weighted by molar-refractivity contribution is 5.79. The van der Waals surface area contributed by atoms with Gasteiger partial charge < -0.3 is 19.8 Å². The fraction of sp³-hybridized carbons (Fsp3) is 0.412. The van der Waals surface area contributed by atoms with E-state index in [0.717, 1.165) is 36.1 Å². The number of methoxy groups -OCH3 is 1. The zero-order valence-electron chi connectivity index (χ0n) is 14.1. The molecule has 0 aliphatic rings. The minimum Gasteiger partial charge on any atom is -0.497 e. The van der Waals surface area contributed by atoms with Gasteiger partial charge in [0.05, 0.1) is 19.3 Å². The SMILES string of the molecule is CN=C(NCCc1cccc(OC)c1)NCc1nc(C)c(C)o1. The molecule has 23 heavy (non-hydrogen) atoms. The third kappa shape index (κ3) is 5.02. The van der Waals surface area contributed by atoms with Gasteiger partial charge in [-0.1, -0.05) is 12.1 Å². The largest absolute Gasteiger partial charge is 0.497 e. The lowest BCUT2D eigenvalue weighted by molar-refractivity contribution is 0.414. The lowest BCUT2D eigenvalue weighted by Gasteiger charge is -2.11. The Bertz CT molecular complexity index is 645. The van der Waals surface area contributed by atoms with Crippen LogP contribution in [-0.2, 0) is 13.0 Å². The molecule has 1 aromatic carbocycles. The predicted molar refractivity (Wildman–Crippen MR) is 90.9 cm³/mol. The second kappa shape index (κ2) is 8.22. The van der Waals surface area contributed by atoms with E-state index in [-0.39, 0.29) is 0 Å². The van der Waals surface area contributed by atoms with Crippen molar-refractivity contribution in [1.29, 1.82) is 0 Å². The van der Waals surface area contributed by atoms with Crippen molar-refractivity contribution >= 4 is 5.96 Å². The van der Waals surface area contributed by atoms with E-state index in [4.69, 9.17) is 9.15 Å². The molecule has 6 heteroatoms. The number of hydrogen-bond acceptors (Lipinski definition) is 4. The summed E-state index contributed by atoms with van der Waals surface area (Å²) in [6.45, 7) is 5.13. The molecule has 124 valence electrons. The number of oxazole rings is 1. The first-order valence-electron chi connectivity index (χ1n) is 7.62. The number of ether oxygens (including phenoxy) is 1. The van der Waals surface area contributed by atoms with E-state index in [2.05, 4.69) is 26.7 Å². The number of nitrogens with zero attached hydrogens (tertiary/aromatic N) is 2. The Morgan fingerprint density at radius 3 is 2.78 bits per heavy atom. The van der Waals surface area contributed by atoms with Gasteiger partial charge in [0, 0.05) is 13.6 Å². The standard InChI is InChI=1S/C17H24N4O2/c1-12-13(2)23-16(21-12)11-20-17(18-3)19-9-8-14-6-5-7-15(10-14)22-4/h5-7,10H,8-9,11H2,1-4H3,(H2,18,19,20). The van der Waals surface area contributed by atoms with Gasteiger partial charge >= 0.3 is 0 Å². The smallest absolute Gasteiger partial charge is 0.214 e. The molecule has 0 atom stereocenters. The van der Waals surface area contributed by atoms with Crippen molar-refractivity contribution < 1.29 is 9.15 Å². The third-order valence-electron chi connectivity index (χ3n) is 3.54. The van der Waals surface area contributed by atoms with Crippen molar-refractivity contribution in [2.75, 3.05) is 20.7 Å². The molecule has 0 spiro atoms. The molecule has 0 radical (unpaired) electrons. The summed E-state index contributed by atoms with van der Waals surface area (Å²) < 4.78 is 10.8. The summed E-state index contributed by atoms with van der Waals surface area (Å²) in [5.41, 5.74) is 2.13. The number of benzene rings is 1. The number of aliphatic imine (C=N–C) groups is 1. The molecule has 0 unspecified atom stereocenters. The molecule has 0 bridgehead atoms. The Morgan fingerprint density at radius 2 is 2.13 bits per heavy atom. The van der Waals surface area contributed by atoms with Crippen molar-refractivity contribution in [3.05, 3.63) is 47.2 Å². The first kappa shape index (κ1) is 16.9. The molecule has 0 aliphatic carbocycles. The summed E-state index contributed by atoms with van der Waals surface area (Å²) in [4.78, 5) is 8.54. The fourth-order valence-electron chi connectivity index (χ4n) is 2.15. The Labute approximate surface area is 137 Å². The van der Waals surface area contributed by atoms with E-state index in [0.29, 0.717) is 12.4 Å². The Morgan fingerprint density at radius 1 is 1.30 bits per heavy atom. The average Bonchev–Trinajstić information content (AvgIpc) is 2.89. The van der Waals surface area contributed by atoms with Crippen LogP contribution in [0.2, 0.25) is 0 Å². The monoisotopic (exact) mass is 316 g/mol. The summed E-state index contributed by atoms with van der Waals surface area (Å²) in [6.07, 6.45) is 0.884. The van der Waals surface area contributed by atoms with E-state index < -0.39 is 0 Å². The second-order valence-electron chi connectivity index (χ2n) is 5.20. The molecule has 1 heterocycles. The van der Waals surface area contributed by atoms with E-state index in [9.17, 15) is 0 Å². The molecule has 0 amide bonds. The van der Waals surface area contributed by atoms with Crippen LogP contribution in [0.25, 0.3) is 0 Å². The highest BCUT2D eigenvalue weighted by Crippen LogP contribution is 2.12. The summed E-state index contributed by atoms with van der Waals surface area (Å²) in [5.74, 6) is 3.11. The van der Waals surface area contributed by atoms with Crippen LogP contribution in [0.15, 0.2) is 33.7 Å². The van der Waals surface area contributed by atoms with Crippen molar-refractivity contribution in [3.63, 3.8) is 0 Å².